The lowest BCUT2D eigenvalue weighted by atomic mass is 9.86. The van der Waals surface area contributed by atoms with Gasteiger partial charge in [-0.3, -0.25) is 4.79 Å². The van der Waals surface area contributed by atoms with Crippen LogP contribution < -0.4 is 10.6 Å². The van der Waals surface area contributed by atoms with Crippen molar-refractivity contribution in [2.45, 2.75) is 32.2 Å². The summed E-state index contributed by atoms with van der Waals surface area (Å²) >= 11 is 0. The topological polar surface area (TPSA) is 104 Å². The first kappa shape index (κ1) is 14.2. The van der Waals surface area contributed by atoms with Crippen LogP contribution in [0.1, 0.15) is 31.4 Å². The van der Waals surface area contributed by atoms with E-state index in [1.807, 2.05) is 0 Å². The average Bonchev–Trinajstić information content (AvgIpc) is 2.94. The fourth-order valence-electron chi connectivity index (χ4n) is 2.42. The van der Waals surface area contributed by atoms with Crippen molar-refractivity contribution in [1.29, 1.82) is 0 Å². The molecule has 0 aliphatic heterocycles. The molecule has 108 valence electrons. The maximum absolute atomic E-state index is 11.7. The van der Waals surface area contributed by atoms with Gasteiger partial charge in [-0.15, -0.1) is 0 Å². The van der Waals surface area contributed by atoms with E-state index in [1.54, 1.807) is 12.3 Å². The van der Waals surface area contributed by atoms with Gasteiger partial charge >= 0.3 is 12.0 Å². The second-order valence-corrected chi connectivity index (χ2v) is 5.03. The monoisotopic (exact) mass is 278 g/mol. The van der Waals surface area contributed by atoms with Gasteiger partial charge in [-0.2, -0.15) is 0 Å². The highest BCUT2D eigenvalue weighted by molar-refractivity contribution is 5.78. The maximum Gasteiger partial charge on any atom is 0.315 e. The van der Waals surface area contributed by atoms with Crippen LogP contribution in [0.25, 0.3) is 0 Å². The van der Waals surface area contributed by atoms with Crippen molar-refractivity contribution in [3.8, 4) is 0 Å². The molecule has 1 heterocycles. The first-order valence-corrected chi connectivity index (χ1v) is 6.62. The largest absolute Gasteiger partial charge is 0.481 e. The number of nitrogens with one attached hydrogen (secondary N) is 2. The number of urea groups is 1. The number of nitrogens with zero attached hydrogens (tertiary/aromatic N) is 2. The number of carboxylic acids is 1. The molecule has 3 N–H and O–H groups in total. The Morgan fingerprint density at radius 3 is 2.65 bits per heavy atom. The van der Waals surface area contributed by atoms with E-state index in [0.717, 1.165) is 12.8 Å². The zero-order chi connectivity index (χ0) is 14.4. The maximum atomic E-state index is 11.7. The Morgan fingerprint density at radius 2 is 2.05 bits per heavy atom. The minimum atomic E-state index is -0.828. The molecule has 1 aromatic heterocycles. The summed E-state index contributed by atoms with van der Waals surface area (Å²) in [6, 6.07) is 1.33. The molecule has 7 nitrogen and oxygen atoms in total. The van der Waals surface area contributed by atoms with Crippen LogP contribution in [0.2, 0.25) is 0 Å². The molecule has 1 fully saturated rings. The van der Waals surface area contributed by atoms with Gasteiger partial charge in [-0.05, 0) is 18.9 Å². The van der Waals surface area contributed by atoms with Crippen LogP contribution in [0.4, 0.5) is 4.79 Å². The number of rotatable bonds is 5. The SMILES string of the molecule is O=C(NCc1ccncn1)NCC1(C(=O)O)CCCC1. The van der Waals surface area contributed by atoms with Gasteiger partial charge in [0.1, 0.15) is 6.33 Å². The number of hydrogen-bond donors (Lipinski definition) is 3. The van der Waals surface area contributed by atoms with E-state index in [4.69, 9.17) is 0 Å². The lowest BCUT2D eigenvalue weighted by Gasteiger charge is -2.23. The van der Waals surface area contributed by atoms with E-state index < -0.39 is 11.4 Å². The summed E-state index contributed by atoms with van der Waals surface area (Å²) in [5, 5.41) is 14.6. The van der Waals surface area contributed by atoms with Crippen LogP contribution in [0.15, 0.2) is 18.6 Å². The first-order chi connectivity index (χ1) is 9.62. The highest BCUT2D eigenvalue weighted by Crippen LogP contribution is 2.37. The van der Waals surface area contributed by atoms with Crippen LogP contribution in [-0.4, -0.2) is 33.6 Å². The molecule has 0 unspecified atom stereocenters. The molecule has 7 heteroatoms. The van der Waals surface area contributed by atoms with Crippen LogP contribution in [-0.2, 0) is 11.3 Å². The Hall–Kier alpha value is -2.18. The Morgan fingerprint density at radius 1 is 1.30 bits per heavy atom. The smallest absolute Gasteiger partial charge is 0.315 e. The van der Waals surface area contributed by atoms with Crippen LogP contribution in [0.5, 0.6) is 0 Å². The quantitative estimate of drug-likeness (QED) is 0.743. The van der Waals surface area contributed by atoms with Gasteiger partial charge in [-0.1, -0.05) is 12.8 Å². The zero-order valence-corrected chi connectivity index (χ0v) is 11.1. The molecule has 1 aliphatic carbocycles. The third-order valence-corrected chi connectivity index (χ3v) is 3.67. The number of aliphatic carboxylic acids is 1. The Bertz CT molecular complexity index is 472. The van der Waals surface area contributed by atoms with E-state index in [-0.39, 0.29) is 19.1 Å². The van der Waals surface area contributed by atoms with E-state index in [9.17, 15) is 14.7 Å². The molecule has 2 amide bonds. The van der Waals surface area contributed by atoms with Crippen LogP contribution >= 0.6 is 0 Å². The minimum Gasteiger partial charge on any atom is -0.481 e. The molecule has 0 atom stereocenters. The van der Waals surface area contributed by atoms with Crippen molar-refractivity contribution in [1.82, 2.24) is 20.6 Å². The fourth-order valence-corrected chi connectivity index (χ4v) is 2.42. The van der Waals surface area contributed by atoms with E-state index in [2.05, 4.69) is 20.6 Å². The summed E-state index contributed by atoms with van der Waals surface area (Å²) in [6.45, 7) is 0.451. The number of carbonyl (C=O) groups excluding carboxylic acids is 1. The number of carbonyl (C=O) groups is 2. The standard InChI is InChI=1S/C13H18N4O3/c18-11(19)13(4-1-2-5-13)8-16-12(20)15-7-10-3-6-14-9-17-10/h3,6,9H,1-2,4-5,7-8H2,(H,18,19)(H2,15,16,20). The second kappa shape index (κ2) is 6.31. The average molecular weight is 278 g/mol. The summed E-state index contributed by atoms with van der Waals surface area (Å²) in [6.07, 6.45) is 6.04. The Kier molecular flexibility index (Phi) is 4.49. The van der Waals surface area contributed by atoms with Gasteiger partial charge in [0.05, 0.1) is 17.7 Å². The van der Waals surface area contributed by atoms with E-state index in [0.29, 0.717) is 18.5 Å². The molecule has 0 saturated heterocycles. The number of hydrogen-bond acceptors (Lipinski definition) is 4. The molecular formula is C13H18N4O3. The highest BCUT2D eigenvalue weighted by atomic mass is 16.4. The minimum absolute atomic E-state index is 0.165. The number of aromatic nitrogens is 2. The van der Waals surface area contributed by atoms with Gasteiger partial charge in [0.15, 0.2) is 0 Å². The summed E-state index contributed by atoms with van der Waals surface area (Å²) in [5.74, 6) is -0.828. The number of carboxylic acid groups (broad SMARTS) is 1. The molecule has 0 bridgehead atoms. The van der Waals surface area contributed by atoms with E-state index >= 15 is 0 Å². The van der Waals surface area contributed by atoms with Crippen molar-refractivity contribution >= 4 is 12.0 Å². The van der Waals surface area contributed by atoms with Gasteiger partial charge in [-0.25, -0.2) is 14.8 Å². The molecule has 0 aromatic carbocycles. The van der Waals surface area contributed by atoms with E-state index in [1.165, 1.54) is 6.33 Å². The van der Waals surface area contributed by atoms with Crippen molar-refractivity contribution < 1.29 is 14.7 Å². The van der Waals surface area contributed by atoms with Crippen molar-refractivity contribution in [2.24, 2.45) is 5.41 Å². The predicted octanol–water partition coefficient (Wildman–Crippen LogP) is 0.921. The molecular weight excluding hydrogens is 260 g/mol. The predicted molar refractivity (Wildman–Crippen MR) is 70.8 cm³/mol. The first-order valence-electron chi connectivity index (χ1n) is 6.62. The molecule has 0 spiro atoms. The lowest BCUT2D eigenvalue weighted by Crippen LogP contribution is -2.44. The molecule has 2 rings (SSSR count). The van der Waals surface area contributed by atoms with Gasteiger partial charge in [0.2, 0.25) is 0 Å². The van der Waals surface area contributed by atoms with Crippen molar-refractivity contribution in [3.05, 3.63) is 24.3 Å². The summed E-state index contributed by atoms with van der Waals surface area (Å²) in [7, 11) is 0. The highest BCUT2D eigenvalue weighted by Gasteiger charge is 2.41. The summed E-state index contributed by atoms with van der Waals surface area (Å²) in [4.78, 5) is 30.8. The third kappa shape index (κ3) is 3.43. The van der Waals surface area contributed by atoms with Crippen LogP contribution in [0.3, 0.4) is 0 Å². The van der Waals surface area contributed by atoms with Crippen molar-refractivity contribution in [3.63, 3.8) is 0 Å². The normalized spacial score (nSPS) is 16.6. The summed E-state index contributed by atoms with van der Waals surface area (Å²) in [5.41, 5.74) is -0.101. The van der Waals surface area contributed by atoms with Gasteiger partial charge in [0.25, 0.3) is 0 Å². The molecule has 1 aliphatic rings. The molecule has 20 heavy (non-hydrogen) atoms. The molecule has 1 saturated carbocycles. The van der Waals surface area contributed by atoms with Gasteiger partial charge in [0, 0.05) is 12.7 Å². The Balaban J connectivity index is 1.78. The Labute approximate surface area is 116 Å². The lowest BCUT2D eigenvalue weighted by molar-refractivity contribution is -0.148. The fraction of sp³-hybridized carbons (Fsp3) is 0.538. The summed E-state index contributed by atoms with van der Waals surface area (Å²) < 4.78 is 0. The van der Waals surface area contributed by atoms with Crippen LogP contribution in [0, 0.1) is 5.41 Å². The van der Waals surface area contributed by atoms with Gasteiger partial charge < -0.3 is 15.7 Å². The molecule has 0 radical (unpaired) electrons. The second-order valence-electron chi connectivity index (χ2n) is 5.03. The third-order valence-electron chi connectivity index (χ3n) is 3.67. The zero-order valence-electron chi connectivity index (χ0n) is 11.1. The van der Waals surface area contributed by atoms with Crippen molar-refractivity contribution in [2.75, 3.05) is 6.54 Å². The molecule has 1 aromatic rings. The number of amides is 2.